The first-order valence-corrected chi connectivity index (χ1v) is 5.87. The molecule has 0 heterocycles. The topological polar surface area (TPSA) is 35.2 Å². The smallest absolute Gasteiger partial charge is 0.416 e. The van der Waals surface area contributed by atoms with Crippen LogP contribution >= 0.6 is 0 Å². The Morgan fingerprint density at radius 3 is 2.44 bits per heavy atom. The highest BCUT2D eigenvalue weighted by Gasteiger charge is 2.30. The number of hydrogen-bond acceptors (Lipinski definition) is 2. The van der Waals surface area contributed by atoms with Crippen LogP contribution in [0.25, 0.3) is 0 Å². The second kappa shape index (κ2) is 6.09. The van der Waals surface area contributed by atoms with Crippen molar-refractivity contribution in [3.8, 4) is 5.75 Å². The zero-order valence-corrected chi connectivity index (χ0v) is 10.6. The molecule has 5 heteroatoms. The summed E-state index contributed by atoms with van der Waals surface area (Å²) in [5, 5.41) is 0. The molecule has 2 N–H and O–H groups in total. The van der Waals surface area contributed by atoms with Crippen LogP contribution < -0.4 is 10.5 Å². The number of ether oxygens (including phenoxy) is 1. The van der Waals surface area contributed by atoms with Gasteiger partial charge in [-0.15, -0.1) is 0 Å². The minimum absolute atomic E-state index is 0.0287. The van der Waals surface area contributed by atoms with Crippen LogP contribution in [0.3, 0.4) is 0 Å². The molecule has 0 aliphatic heterocycles. The molecular weight excluding hydrogens is 243 g/mol. The highest BCUT2D eigenvalue weighted by molar-refractivity contribution is 5.38. The van der Waals surface area contributed by atoms with E-state index >= 15 is 0 Å². The van der Waals surface area contributed by atoms with Crippen molar-refractivity contribution in [2.75, 3.05) is 6.61 Å². The van der Waals surface area contributed by atoms with Gasteiger partial charge in [0.25, 0.3) is 0 Å². The van der Waals surface area contributed by atoms with E-state index in [2.05, 4.69) is 13.8 Å². The molecule has 0 saturated heterocycles. The van der Waals surface area contributed by atoms with Gasteiger partial charge in [0.05, 0.1) is 12.2 Å². The first-order chi connectivity index (χ1) is 8.34. The van der Waals surface area contributed by atoms with Crippen LogP contribution in [0, 0.1) is 5.92 Å². The van der Waals surface area contributed by atoms with Gasteiger partial charge in [-0.3, -0.25) is 0 Å². The molecule has 0 spiro atoms. The number of alkyl halides is 3. The normalized spacial score (nSPS) is 11.9. The van der Waals surface area contributed by atoms with E-state index in [4.69, 9.17) is 10.5 Å². The van der Waals surface area contributed by atoms with Crippen LogP contribution in [0.5, 0.6) is 5.75 Å². The van der Waals surface area contributed by atoms with Gasteiger partial charge in [0.15, 0.2) is 0 Å². The van der Waals surface area contributed by atoms with Crippen molar-refractivity contribution in [1.82, 2.24) is 0 Å². The standard InChI is InChI=1S/C13H18F3NO/c1-9(2)5-6-18-12-4-3-11(13(14,15)16)7-10(12)8-17/h3-4,7,9H,5-6,8,17H2,1-2H3. The van der Waals surface area contributed by atoms with Gasteiger partial charge in [0.1, 0.15) is 5.75 Å². The number of nitrogens with two attached hydrogens (primary N) is 1. The number of benzene rings is 1. The molecule has 0 bridgehead atoms. The molecule has 1 rings (SSSR count). The van der Waals surface area contributed by atoms with Crippen molar-refractivity contribution in [2.45, 2.75) is 33.0 Å². The average molecular weight is 261 g/mol. The zero-order chi connectivity index (χ0) is 13.8. The summed E-state index contributed by atoms with van der Waals surface area (Å²) in [4.78, 5) is 0. The maximum absolute atomic E-state index is 12.5. The molecule has 102 valence electrons. The fraction of sp³-hybridized carbons (Fsp3) is 0.538. The van der Waals surface area contributed by atoms with Crippen molar-refractivity contribution < 1.29 is 17.9 Å². The minimum Gasteiger partial charge on any atom is -0.493 e. The van der Waals surface area contributed by atoms with E-state index in [1.54, 1.807) is 0 Å². The van der Waals surface area contributed by atoms with Gasteiger partial charge in [-0.2, -0.15) is 13.2 Å². The largest absolute Gasteiger partial charge is 0.493 e. The summed E-state index contributed by atoms with van der Waals surface area (Å²) in [6.07, 6.45) is -3.49. The highest BCUT2D eigenvalue weighted by Crippen LogP contribution is 2.32. The molecule has 1 aromatic rings. The lowest BCUT2D eigenvalue weighted by Crippen LogP contribution is -2.10. The molecule has 0 aliphatic carbocycles. The molecule has 0 atom stereocenters. The monoisotopic (exact) mass is 261 g/mol. The van der Waals surface area contributed by atoms with Crippen LogP contribution in [0.1, 0.15) is 31.4 Å². The third kappa shape index (κ3) is 4.22. The summed E-state index contributed by atoms with van der Waals surface area (Å²) in [5.41, 5.74) is 5.13. The molecule has 2 nitrogen and oxygen atoms in total. The molecule has 0 unspecified atom stereocenters. The van der Waals surface area contributed by atoms with Crippen molar-refractivity contribution in [1.29, 1.82) is 0 Å². The lowest BCUT2D eigenvalue weighted by atomic mass is 10.1. The van der Waals surface area contributed by atoms with E-state index in [0.29, 0.717) is 23.8 Å². The van der Waals surface area contributed by atoms with Crippen molar-refractivity contribution >= 4 is 0 Å². The van der Waals surface area contributed by atoms with Crippen LogP contribution in [-0.4, -0.2) is 6.61 Å². The Balaban J connectivity index is 2.81. The van der Waals surface area contributed by atoms with Gasteiger partial charge in [0, 0.05) is 12.1 Å². The number of rotatable bonds is 5. The van der Waals surface area contributed by atoms with E-state index in [9.17, 15) is 13.2 Å². The first kappa shape index (κ1) is 14.8. The predicted octanol–water partition coefficient (Wildman–Crippen LogP) is 3.59. The van der Waals surface area contributed by atoms with Gasteiger partial charge in [-0.25, -0.2) is 0 Å². The van der Waals surface area contributed by atoms with Crippen molar-refractivity contribution in [2.24, 2.45) is 11.7 Å². The van der Waals surface area contributed by atoms with Crippen molar-refractivity contribution in [3.05, 3.63) is 29.3 Å². The Morgan fingerprint density at radius 1 is 1.28 bits per heavy atom. The molecule has 1 aromatic carbocycles. The predicted molar refractivity (Wildman–Crippen MR) is 64.3 cm³/mol. The molecule has 0 amide bonds. The Hall–Kier alpha value is -1.23. The van der Waals surface area contributed by atoms with E-state index in [1.165, 1.54) is 6.07 Å². The molecule has 0 saturated carbocycles. The summed E-state index contributed by atoms with van der Waals surface area (Å²) in [6, 6.07) is 3.40. The molecule has 0 fully saturated rings. The molecule has 0 aliphatic rings. The second-order valence-electron chi connectivity index (χ2n) is 4.56. The van der Waals surface area contributed by atoms with Gasteiger partial charge in [-0.05, 0) is 30.5 Å². The van der Waals surface area contributed by atoms with E-state index in [1.807, 2.05) is 0 Å². The quantitative estimate of drug-likeness (QED) is 0.879. The maximum atomic E-state index is 12.5. The molecule has 18 heavy (non-hydrogen) atoms. The maximum Gasteiger partial charge on any atom is 0.416 e. The van der Waals surface area contributed by atoms with Gasteiger partial charge >= 0.3 is 6.18 Å². The first-order valence-electron chi connectivity index (χ1n) is 5.87. The van der Waals surface area contributed by atoms with E-state index in [-0.39, 0.29) is 6.54 Å². The van der Waals surface area contributed by atoms with Gasteiger partial charge in [0.2, 0.25) is 0 Å². The summed E-state index contributed by atoms with van der Waals surface area (Å²) >= 11 is 0. The molecule has 0 aromatic heterocycles. The summed E-state index contributed by atoms with van der Waals surface area (Å²) in [7, 11) is 0. The second-order valence-corrected chi connectivity index (χ2v) is 4.56. The summed E-state index contributed by atoms with van der Waals surface area (Å²) in [5.74, 6) is 0.923. The van der Waals surface area contributed by atoms with E-state index < -0.39 is 11.7 Å². The Labute approximate surface area is 105 Å². The van der Waals surface area contributed by atoms with Crippen molar-refractivity contribution in [3.63, 3.8) is 0 Å². The third-order valence-electron chi connectivity index (χ3n) is 2.56. The lowest BCUT2D eigenvalue weighted by Gasteiger charge is -2.14. The lowest BCUT2D eigenvalue weighted by molar-refractivity contribution is -0.137. The van der Waals surface area contributed by atoms with E-state index in [0.717, 1.165) is 18.6 Å². The fourth-order valence-electron chi connectivity index (χ4n) is 1.46. The summed E-state index contributed by atoms with van der Waals surface area (Å²) < 4.78 is 43.0. The number of hydrogen-bond donors (Lipinski definition) is 1. The fourth-order valence-corrected chi connectivity index (χ4v) is 1.46. The molecule has 0 radical (unpaired) electrons. The van der Waals surface area contributed by atoms with Gasteiger partial charge in [-0.1, -0.05) is 13.8 Å². The van der Waals surface area contributed by atoms with Crippen LogP contribution in [0.4, 0.5) is 13.2 Å². The zero-order valence-electron chi connectivity index (χ0n) is 10.6. The van der Waals surface area contributed by atoms with Gasteiger partial charge < -0.3 is 10.5 Å². The highest BCUT2D eigenvalue weighted by atomic mass is 19.4. The third-order valence-corrected chi connectivity index (χ3v) is 2.56. The Morgan fingerprint density at radius 2 is 1.94 bits per heavy atom. The Bertz CT molecular complexity index is 388. The Kier molecular flexibility index (Phi) is 5.02. The molecular formula is C13H18F3NO. The van der Waals surface area contributed by atoms with Crippen LogP contribution in [-0.2, 0) is 12.7 Å². The minimum atomic E-state index is -4.35. The SMILES string of the molecule is CC(C)CCOc1ccc(C(F)(F)F)cc1CN. The average Bonchev–Trinajstić information content (AvgIpc) is 2.27. The summed E-state index contributed by atoms with van der Waals surface area (Å²) in [6.45, 7) is 4.62. The number of halogens is 3. The van der Waals surface area contributed by atoms with Crippen LogP contribution in [0.15, 0.2) is 18.2 Å². The van der Waals surface area contributed by atoms with Crippen LogP contribution in [0.2, 0.25) is 0 Å².